The molecule has 1 fully saturated rings. The summed E-state index contributed by atoms with van der Waals surface area (Å²) in [6, 6.07) is 14.3. The Morgan fingerprint density at radius 3 is 1.94 bits per heavy atom. The van der Waals surface area contributed by atoms with Crippen LogP contribution in [-0.2, 0) is 19.5 Å². The van der Waals surface area contributed by atoms with E-state index in [2.05, 4.69) is 9.97 Å². The summed E-state index contributed by atoms with van der Waals surface area (Å²) in [7, 11) is 0. The molecule has 1 aliphatic rings. The third-order valence-electron chi connectivity index (χ3n) is 4.79. The van der Waals surface area contributed by atoms with Gasteiger partial charge in [-0.05, 0) is 56.0 Å². The molecule has 0 atom stereocenters. The van der Waals surface area contributed by atoms with Gasteiger partial charge in [0.15, 0.2) is 5.82 Å². The average molecular weight is 525 g/mol. The number of imidazole rings is 1. The zero-order valence-corrected chi connectivity index (χ0v) is 19.2. The normalized spacial score (nSPS) is 13.1. The maximum Gasteiger partial charge on any atom is 3.00 e. The van der Waals surface area contributed by atoms with Crippen LogP contribution in [0.1, 0.15) is 0 Å². The largest absolute Gasteiger partial charge is 3.00 e. The Balaban J connectivity index is 0.000000317. The van der Waals surface area contributed by atoms with Gasteiger partial charge in [-0.1, -0.05) is 36.4 Å². The molecule has 7 radical (unpaired) electrons. The van der Waals surface area contributed by atoms with Crippen molar-refractivity contribution in [1.82, 2.24) is 19.9 Å². The van der Waals surface area contributed by atoms with Crippen molar-refractivity contribution in [2.24, 2.45) is 0 Å². The van der Waals surface area contributed by atoms with Crippen molar-refractivity contribution in [1.29, 1.82) is 0 Å². The van der Waals surface area contributed by atoms with Crippen molar-refractivity contribution in [2.45, 2.75) is 0 Å². The second kappa shape index (κ2) is 10.8. The fourth-order valence-corrected chi connectivity index (χ4v) is 3.41. The summed E-state index contributed by atoms with van der Waals surface area (Å²) in [4.78, 5) is 18.4. The van der Waals surface area contributed by atoms with E-state index in [1.54, 1.807) is 24.5 Å². The Morgan fingerprint density at radius 1 is 0.688 bits per heavy atom. The first-order valence-electron chi connectivity index (χ1n) is 9.54. The Morgan fingerprint density at radius 2 is 1.28 bits per heavy atom. The van der Waals surface area contributed by atoms with Gasteiger partial charge in [-0.2, -0.15) is 6.20 Å². The van der Waals surface area contributed by atoms with E-state index in [9.17, 15) is 5.11 Å². The summed E-state index contributed by atoms with van der Waals surface area (Å²) < 4.78 is 0. The van der Waals surface area contributed by atoms with Crippen molar-refractivity contribution >= 4 is 32.8 Å². The number of nitrogens with zero attached hydrogens (tertiary/aromatic N) is 4. The number of benzene rings is 2. The summed E-state index contributed by atoms with van der Waals surface area (Å²) in [5.74, 6) is 0.575. The van der Waals surface area contributed by atoms with Gasteiger partial charge in [0.25, 0.3) is 0 Å². The predicted molar refractivity (Wildman–Crippen MR) is 116 cm³/mol. The summed E-state index contributed by atoms with van der Waals surface area (Å²) >= 11 is 0. The minimum atomic E-state index is -0.0286. The first kappa shape index (κ1) is 24.1. The number of rotatable bonds is 1. The molecule has 0 amide bonds. The summed E-state index contributed by atoms with van der Waals surface area (Å²) in [5, 5.41) is 13.2. The molecule has 5 aromatic rings. The van der Waals surface area contributed by atoms with Gasteiger partial charge in [0.2, 0.25) is 0 Å². The van der Waals surface area contributed by atoms with Crippen molar-refractivity contribution in [3.8, 4) is 17.1 Å². The van der Waals surface area contributed by atoms with Gasteiger partial charge in [0.05, 0.1) is 11.0 Å². The molecule has 32 heavy (non-hydrogen) atoms. The predicted octanol–water partition coefficient (Wildman–Crippen LogP) is 1.26. The molecule has 7 heteroatoms. The molecule has 0 saturated heterocycles. The molecule has 5 nitrogen and oxygen atoms in total. The number of halogens is 1. The van der Waals surface area contributed by atoms with E-state index in [-0.39, 0.29) is 37.6 Å². The number of pyridine rings is 2. The Kier molecular flexibility index (Phi) is 8.17. The first-order chi connectivity index (χ1) is 14.8. The number of hydrogen-bond acceptors (Lipinski definition) is 4. The smallest absolute Gasteiger partial charge is 1.00 e. The van der Waals surface area contributed by atoms with Gasteiger partial charge in [-0.25, -0.2) is 9.97 Å². The number of fused-ring (bicyclic) bond motifs is 6. The number of hydrogen-bond donors (Lipinski definition) is 0. The summed E-state index contributed by atoms with van der Waals surface area (Å²) in [6.45, 7) is 0. The maximum atomic E-state index is 11.3. The second-order valence-electron chi connectivity index (χ2n) is 6.72. The van der Waals surface area contributed by atoms with Crippen LogP contribution in [-0.4, -0.2) is 15.0 Å². The van der Waals surface area contributed by atoms with E-state index in [0.717, 1.165) is 38.4 Å². The van der Waals surface area contributed by atoms with Crippen molar-refractivity contribution in [3.63, 3.8) is 0 Å². The second-order valence-corrected chi connectivity index (χ2v) is 6.72. The molecule has 0 spiro atoms. The van der Waals surface area contributed by atoms with Crippen LogP contribution in [0.2, 0.25) is 0 Å². The Labute approximate surface area is 205 Å². The minimum Gasteiger partial charge on any atom is -1.00 e. The van der Waals surface area contributed by atoms with Crippen molar-refractivity contribution in [3.05, 3.63) is 99.4 Å². The number of aromatic nitrogens is 4. The molecule has 157 valence electrons. The van der Waals surface area contributed by atoms with E-state index in [4.69, 9.17) is 9.97 Å². The van der Waals surface area contributed by atoms with Crippen LogP contribution < -0.4 is 22.5 Å². The minimum absolute atomic E-state index is 0. The zero-order chi connectivity index (χ0) is 20.3. The van der Waals surface area contributed by atoms with Gasteiger partial charge in [0.1, 0.15) is 5.52 Å². The summed E-state index contributed by atoms with van der Waals surface area (Å²) in [6.07, 6.45) is 15.5. The van der Waals surface area contributed by atoms with Gasteiger partial charge in [-0.15, -0.1) is 11.3 Å². The van der Waals surface area contributed by atoms with Crippen LogP contribution in [0.3, 0.4) is 0 Å². The summed E-state index contributed by atoms with van der Waals surface area (Å²) in [5.41, 5.74) is 4.07. The van der Waals surface area contributed by atoms with E-state index in [1.807, 2.05) is 62.8 Å². The molecule has 3 aromatic heterocycles. The topological polar surface area (TPSA) is 75.8 Å². The van der Waals surface area contributed by atoms with Crippen molar-refractivity contribution in [2.75, 3.05) is 0 Å². The Hall–Kier alpha value is -2.56. The fourth-order valence-electron chi connectivity index (χ4n) is 3.41. The molecule has 0 aliphatic heterocycles. The molecular formula is C25H16ClN4ORu. The monoisotopic (exact) mass is 525 g/mol. The van der Waals surface area contributed by atoms with Gasteiger partial charge >= 0.3 is 19.5 Å². The van der Waals surface area contributed by atoms with Gasteiger partial charge in [-0.3, -0.25) is 4.98 Å². The first-order valence-corrected chi connectivity index (χ1v) is 9.54. The van der Waals surface area contributed by atoms with E-state index < -0.39 is 0 Å². The van der Waals surface area contributed by atoms with Gasteiger partial charge in [0, 0.05) is 17.1 Å². The average Bonchev–Trinajstić information content (AvgIpc) is 3.27. The molecule has 0 N–H and O–H groups in total. The SMILES string of the molecule is [CH]1[CH][CH][CH][CH][CH]1.[Cl-].[O-]c1ccc(-c2nc3c4cccnc4c4[n-]cccc4c3n2)cc1.[Ru+3]. The molecule has 1 aliphatic carbocycles. The molecule has 2 aromatic carbocycles. The third kappa shape index (κ3) is 4.77. The molecule has 6 rings (SSSR count). The standard InChI is InChI=1S/C19H11N4O.C6H6.ClH.Ru/c24-12-7-5-11(6-8-12)19-22-17-13-3-1-9-20-15(13)16-14(18(17)23-19)4-2-10-21-16;1-2-4-6-5-3-1;;/h1-10H,(H-,20,21,22,23,24);1-6H;1H;/q-1;;;+3/p-2. The zero-order valence-electron chi connectivity index (χ0n) is 16.7. The van der Waals surface area contributed by atoms with E-state index in [0.29, 0.717) is 5.82 Å². The quantitative estimate of drug-likeness (QED) is 0.244. The molecule has 3 heterocycles. The van der Waals surface area contributed by atoms with Crippen molar-refractivity contribution < 1.29 is 37.0 Å². The van der Waals surface area contributed by atoms with Crippen LogP contribution in [0.5, 0.6) is 5.75 Å². The van der Waals surface area contributed by atoms with Crippen LogP contribution in [0.4, 0.5) is 0 Å². The molecule has 0 bridgehead atoms. The maximum absolute atomic E-state index is 11.3. The van der Waals surface area contributed by atoms with E-state index >= 15 is 0 Å². The molecule has 1 saturated carbocycles. The fraction of sp³-hybridized carbons (Fsp3) is 0. The Bertz CT molecular complexity index is 1230. The molecular weight excluding hydrogens is 509 g/mol. The van der Waals surface area contributed by atoms with Crippen LogP contribution >= 0.6 is 0 Å². The van der Waals surface area contributed by atoms with Crippen LogP contribution in [0.25, 0.3) is 44.2 Å². The van der Waals surface area contributed by atoms with Crippen LogP contribution in [0, 0.1) is 38.5 Å². The van der Waals surface area contributed by atoms with Crippen LogP contribution in [0.15, 0.2) is 60.9 Å². The van der Waals surface area contributed by atoms with Gasteiger partial charge < -0.3 is 22.5 Å². The molecule has 0 unspecified atom stereocenters. The third-order valence-corrected chi connectivity index (χ3v) is 4.79. The van der Waals surface area contributed by atoms with E-state index in [1.165, 1.54) is 12.1 Å².